The summed E-state index contributed by atoms with van der Waals surface area (Å²) in [6, 6.07) is 12.0. The van der Waals surface area contributed by atoms with Crippen LogP contribution in [0.2, 0.25) is 0 Å². The lowest BCUT2D eigenvalue weighted by molar-refractivity contribution is 0.461. The third kappa shape index (κ3) is 18.0. The van der Waals surface area contributed by atoms with Gasteiger partial charge in [-0.15, -0.1) is 10.2 Å². The van der Waals surface area contributed by atoms with E-state index in [2.05, 4.69) is 48.3 Å². The van der Waals surface area contributed by atoms with Gasteiger partial charge in [-0.1, -0.05) is 153 Å². The van der Waals surface area contributed by atoms with Gasteiger partial charge in [-0.2, -0.15) is 0 Å². The molecule has 0 fully saturated rings. The van der Waals surface area contributed by atoms with E-state index in [0.717, 1.165) is 31.3 Å². The van der Waals surface area contributed by atoms with Crippen LogP contribution in [0.1, 0.15) is 153 Å². The van der Waals surface area contributed by atoms with Crippen LogP contribution >= 0.6 is 54.5 Å². The topological polar surface area (TPSA) is 66.2 Å². The molecule has 3 rings (SSSR count). The molecule has 2 N–H and O–H groups in total. The fourth-order valence-corrected chi connectivity index (χ4v) is 11.2. The van der Waals surface area contributed by atoms with Gasteiger partial charge < -0.3 is 10.2 Å². The minimum Gasteiger partial charge on any atom is -0.507 e. The number of aryl methyl sites for hydroxylation is 2. The quantitative estimate of drug-likeness (QED) is 0.0565. The molecule has 0 spiro atoms. The molecule has 3 aromatic rings. The van der Waals surface area contributed by atoms with Crippen molar-refractivity contribution in [3.05, 3.63) is 47.5 Å². The van der Waals surface area contributed by atoms with Gasteiger partial charge >= 0.3 is 0 Å². The number of phenols is 2. The third-order valence-corrected chi connectivity index (χ3v) is 14.8. The lowest BCUT2D eigenvalue weighted by Crippen LogP contribution is -1.87. The number of aromatic nitrogens is 2. The molecule has 0 atom stereocenters. The van der Waals surface area contributed by atoms with Gasteiger partial charge in [0.1, 0.15) is 11.5 Å². The average molecular weight is 735 g/mol. The van der Waals surface area contributed by atoms with E-state index in [-0.39, 0.29) is 0 Å². The number of benzene rings is 2. The highest BCUT2D eigenvalue weighted by Gasteiger charge is 2.12. The summed E-state index contributed by atoms with van der Waals surface area (Å²) in [6.07, 6.45) is 28.9. The first-order valence-corrected chi connectivity index (χ1v) is 23.4. The first-order chi connectivity index (χ1) is 23.1. The zero-order valence-corrected chi connectivity index (χ0v) is 32.9. The van der Waals surface area contributed by atoms with E-state index in [0.29, 0.717) is 11.5 Å². The van der Waals surface area contributed by atoms with Crippen molar-refractivity contribution in [3.8, 4) is 11.5 Å². The molecule has 0 aliphatic carbocycles. The molecule has 4 nitrogen and oxygen atoms in total. The van der Waals surface area contributed by atoms with Crippen molar-refractivity contribution in [1.29, 1.82) is 0 Å². The molecule has 1 heterocycles. The Hall–Kier alpha value is -1.00. The van der Waals surface area contributed by atoms with Gasteiger partial charge in [0, 0.05) is 0 Å². The molecule has 0 bridgehead atoms. The van der Waals surface area contributed by atoms with Crippen LogP contribution in [0.4, 0.5) is 0 Å². The number of unbranched alkanes of at least 4 members (excludes halogenated alkanes) is 18. The fourth-order valence-electron chi connectivity index (χ4n) is 5.62. The maximum absolute atomic E-state index is 10.5. The lowest BCUT2D eigenvalue weighted by Gasteiger charge is -2.07. The molecule has 9 heteroatoms. The Bertz CT molecular complexity index is 1150. The molecule has 262 valence electrons. The number of nitrogens with zero attached hydrogens (tertiary/aromatic N) is 2. The summed E-state index contributed by atoms with van der Waals surface area (Å²) in [5, 5.41) is 29.6. The molecule has 47 heavy (non-hydrogen) atoms. The summed E-state index contributed by atoms with van der Waals surface area (Å²) in [5.74, 6) is 0.634. The summed E-state index contributed by atoms with van der Waals surface area (Å²) < 4.78 is 1.72. The van der Waals surface area contributed by atoms with Gasteiger partial charge in [0.2, 0.25) is 0 Å². The van der Waals surface area contributed by atoms with Gasteiger partial charge in [-0.05, 0) is 104 Å². The number of hydrogen-bond acceptors (Lipinski definition) is 9. The van der Waals surface area contributed by atoms with Gasteiger partial charge in [-0.25, -0.2) is 0 Å². The highest BCUT2D eigenvalue weighted by molar-refractivity contribution is 8.77. The average Bonchev–Trinajstić information content (AvgIpc) is 3.54. The smallest absolute Gasteiger partial charge is 0.186 e. The molecular formula is C38H58N2O2S5. The van der Waals surface area contributed by atoms with Gasteiger partial charge in [-0.3, -0.25) is 0 Å². The Labute approximate surface area is 305 Å². The Kier molecular flexibility index (Phi) is 22.3. The van der Waals surface area contributed by atoms with E-state index in [1.807, 2.05) is 12.1 Å². The molecular weight excluding hydrogens is 677 g/mol. The van der Waals surface area contributed by atoms with Crippen LogP contribution in [0.3, 0.4) is 0 Å². The standard InChI is InChI=1S/C38H58N2O2S5/c1-3-5-7-9-11-13-15-17-19-21-23-31-25-27-33(41)35(29-31)44-46-37-39-40-38(43-37)47-45-36-30-32(26-28-34(36)42)24-22-20-18-16-14-12-10-8-6-4-2/h25-30,41-42H,3-24H2,1-2H3. The van der Waals surface area contributed by atoms with Gasteiger partial charge in [0.15, 0.2) is 8.68 Å². The maximum atomic E-state index is 10.5. The van der Waals surface area contributed by atoms with Crippen molar-refractivity contribution >= 4 is 54.5 Å². The fraction of sp³-hybridized carbons (Fsp3) is 0.632. The second-order valence-electron chi connectivity index (χ2n) is 12.6. The molecule has 0 amide bonds. The number of phenolic OH excluding ortho intramolecular Hbond substituents is 2. The van der Waals surface area contributed by atoms with Crippen molar-refractivity contribution in [2.45, 2.75) is 174 Å². The number of aromatic hydroxyl groups is 2. The maximum Gasteiger partial charge on any atom is 0.186 e. The highest BCUT2D eigenvalue weighted by atomic mass is 33.1. The molecule has 1 aromatic heterocycles. The summed E-state index contributed by atoms with van der Waals surface area (Å²) in [7, 11) is 6.16. The summed E-state index contributed by atoms with van der Waals surface area (Å²) >= 11 is 1.55. The SMILES string of the molecule is CCCCCCCCCCCCc1ccc(O)c(SSc2nnc(SSc3cc(CCCCCCCCCCCC)ccc3O)s2)c1. The predicted molar refractivity (Wildman–Crippen MR) is 211 cm³/mol. The van der Waals surface area contributed by atoms with Crippen LogP contribution in [-0.4, -0.2) is 20.4 Å². The number of hydrogen-bond donors (Lipinski definition) is 2. The van der Waals surface area contributed by atoms with E-state index in [1.165, 1.54) is 161 Å². The van der Waals surface area contributed by atoms with Crippen LogP contribution < -0.4 is 0 Å². The van der Waals surface area contributed by atoms with Crippen molar-refractivity contribution in [1.82, 2.24) is 10.2 Å². The van der Waals surface area contributed by atoms with E-state index in [9.17, 15) is 10.2 Å². The van der Waals surface area contributed by atoms with Gasteiger partial charge in [0.05, 0.1) is 9.79 Å². The molecule has 2 aromatic carbocycles. The zero-order chi connectivity index (χ0) is 33.4. The van der Waals surface area contributed by atoms with E-state index in [4.69, 9.17) is 0 Å². The van der Waals surface area contributed by atoms with Crippen molar-refractivity contribution in [2.75, 3.05) is 0 Å². The van der Waals surface area contributed by atoms with Crippen LogP contribution in [0.15, 0.2) is 54.9 Å². The lowest BCUT2D eigenvalue weighted by atomic mass is 10.0. The summed E-state index contributed by atoms with van der Waals surface area (Å²) in [5.41, 5.74) is 2.57. The minimum absolute atomic E-state index is 0.317. The Morgan fingerprint density at radius 1 is 0.468 bits per heavy atom. The van der Waals surface area contributed by atoms with Crippen LogP contribution in [-0.2, 0) is 12.8 Å². The molecule has 0 aliphatic heterocycles. The van der Waals surface area contributed by atoms with Gasteiger partial charge in [0.25, 0.3) is 0 Å². The first kappa shape index (κ1) is 40.4. The van der Waals surface area contributed by atoms with E-state index >= 15 is 0 Å². The minimum atomic E-state index is 0.317. The van der Waals surface area contributed by atoms with E-state index in [1.54, 1.807) is 32.9 Å². The molecule has 0 aliphatic rings. The Morgan fingerprint density at radius 2 is 0.809 bits per heavy atom. The van der Waals surface area contributed by atoms with Crippen LogP contribution in [0.25, 0.3) is 0 Å². The van der Waals surface area contributed by atoms with Crippen LogP contribution in [0.5, 0.6) is 11.5 Å². The zero-order valence-electron chi connectivity index (χ0n) is 28.9. The normalized spacial score (nSPS) is 11.4. The molecule has 0 saturated heterocycles. The largest absolute Gasteiger partial charge is 0.507 e. The highest BCUT2D eigenvalue weighted by Crippen LogP contribution is 2.47. The monoisotopic (exact) mass is 734 g/mol. The second-order valence-corrected chi connectivity index (χ2v) is 18.4. The van der Waals surface area contributed by atoms with Crippen LogP contribution in [0, 0.1) is 0 Å². The van der Waals surface area contributed by atoms with Crippen molar-refractivity contribution < 1.29 is 10.2 Å². The molecule has 0 unspecified atom stereocenters. The predicted octanol–water partition coefficient (Wildman–Crippen LogP) is 14.5. The van der Waals surface area contributed by atoms with E-state index < -0.39 is 0 Å². The Balaban J connectivity index is 1.33. The summed E-state index contributed by atoms with van der Waals surface area (Å²) in [4.78, 5) is 1.75. The first-order valence-electron chi connectivity index (χ1n) is 18.2. The second kappa shape index (κ2) is 25.9. The van der Waals surface area contributed by atoms with Crippen molar-refractivity contribution in [2.24, 2.45) is 0 Å². The number of rotatable bonds is 28. The molecule has 0 saturated carbocycles. The Morgan fingerprint density at radius 3 is 1.17 bits per heavy atom. The summed E-state index contributed by atoms with van der Waals surface area (Å²) in [6.45, 7) is 4.55. The van der Waals surface area contributed by atoms with Crippen molar-refractivity contribution in [3.63, 3.8) is 0 Å². The third-order valence-electron chi connectivity index (χ3n) is 8.48. The molecule has 0 radical (unpaired) electrons.